The van der Waals surface area contributed by atoms with Crippen LogP contribution >= 0.6 is 0 Å². The van der Waals surface area contributed by atoms with E-state index in [1.165, 1.54) is 69.4 Å². The molecule has 2 aliphatic heterocycles. The molecule has 30 heavy (non-hydrogen) atoms. The monoisotopic (exact) mass is 407 g/mol. The summed E-state index contributed by atoms with van der Waals surface area (Å²) in [6, 6.07) is 20.5. The zero-order valence-corrected chi connectivity index (χ0v) is 18.4. The summed E-state index contributed by atoms with van der Waals surface area (Å²) in [5.41, 5.74) is 2.67. The van der Waals surface area contributed by atoms with Crippen LogP contribution in [0.25, 0.3) is 0 Å². The van der Waals surface area contributed by atoms with Gasteiger partial charge in [-0.2, -0.15) is 0 Å². The van der Waals surface area contributed by atoms with Gasteiger partial charge in [-0.3, -0.25) is 0 Å². The average molecular weight is 408 g/mol. The van der Waals surface area contributed by atoms with E-state index in [0.29, 0.717) is 6.04 Å². The third-order valence-corrected chi connectivity index (χ3v) is 6.82. The number of hydrogen-bond acceptors (Lipinski definition) is 4. The van der Waals surface area contributed by atoms with Crippen molar-refractivity contribution in [1.82, 2.24) is 15.1 Å². The molecule has 1 N–H and O–H groups in total. The molecule has 2 aliphatic rings. The van der Waals surface area contributed by atoms with Gasteiger partial charge in [-0.05, 0) is 75.1 Å². The van der Waals surface area contributed by atoms with Gasteiger partial charge in [-0.25, -0.2) is 0 Å². The van der Waals surface area contributed by atoms with Gasteiger partial charge in [-0.1, -0.05) is 48.9 Å². The predicted octanol–water partition coefficient (Wildman–Crippen LogP) is 4.48. The van der Waals surface area contributed by atoms with E-state index in [1.807, 2.05) is 12.1 Å². The second kappa shape index (κ2) is 10.9. The van der Waals surface area contributed by atoms with E-state index in [0.717, 1.165) is 24.9 Å². The Morgan fingerprint density at radius 1 is 0.900 bits per heavy atom. The number of nitrogens with zero attached hydrogens (tertiary/aromatic N) is 2. The molecule has 2 fully saturated rings. The van der Waals surface area contributed by atoms with E-state index >= 15 is 0 Å². The van der Waals surface area contributed by atoms with E-state index in [-0.39, 0.29) is 0 Å². The first-order chi connectivity index (χ1) is 14.8. The minimum absolute atomic E-state index is 0.347. The Bertz CT molecular complexity index is 735. The molecular formula is C26H37N3O. The third kappa shape index (κ3) is 5.84. The summed E-state index contributed by atoms with van der Waals surface area (Å²) >= 11 is 0. The number of methoxy groups -OCH3 is 1. The van der Waals surface area contributed by atoms with Crippen LogP contribution in [0.1, 0.15) is 49.3 Å². The fourth-order valence-corrected chi connectivity index (χ4v) is 4.97. The lowest BCUT2D eigenvalue weighted by Gasteiger charge is -2.41. The molecule has 4 heteroatoms. The van der Waals surface area contributed by atoms with Crippen LogP contribution < -0.4 is 10.1 Å². The molecule has 2 aromatic rings. The number of nitrogens with one attached hydrogen (secondary N) is 1. The third-order valence-electron chi connectivity index (χ3n) is 6.82. The van der Waals surface area contributed by atoms with Crippen molar-refractivity contribution in [3.63, 3.8) is 0 Å². The molecular weight excluding hydrogens is 370 g/mol. The Morgan fingerprint density at radius 3 is 2.27 bits per heavy atom. The maximum absolute atomic E-state index is 5.29. The van der Waals surface area contributed by atoms with Gasteiger partial charge in [0.2, 0.25) is 0 Å². The van der Waals surface area contributed by atoms with Crippen molar-refractivity contribution in [2.45, 2.75) is 50.7 Å². The van der Waals surface area contributed by atoms with E-state index in [9.17, 15) is 0 Å². The van der Waals surface area contributed by atoms with Gasteiger partial charge in [0.05, 0.1) is 7.11 Å². The molecule has 4 nitrogen and oxygen atoms in total. The molecule has 2 aromatic carbocycles. The summed E-state index contributed by atoms with van der Waals surface area (Å²) in [5.74, 6) is 0.912. The van der Waals surface area contributed by atoms with Gasteiger partial charge < -0.3 is 19.9 Å². The molecule has 0 radical (unpaired) electrons. The van der Waals surface area contributed by atoms with Gasteiger partial charge in [0, 0.05) is 25.2 Å². The Hall–Kier alpha value is -1.88. The molecule has 0 spiro atoms. The van der Waals surface area contributed by atoms with Crippen LogP contribution in [-0.2, 0) is 6.54 Å². The Kier molecular flexibility index (Phi) is 7.79. The number of ether oxygens (including phenoxy) is 1. The number of benzene rings is 2. The molecule has 0 aromatic heterocycles. The van der Waals surface area contributed by atoms with Gasteiger partial charge in [0.1, 0.15) is 5.75 Å². The van der Waals surface area contributed by atoms with Gasteiger partial charge in [0.25, 0.3) is 0 Å². The van der Waals surface area contributed by atoms with Crippen molar-refractivity contribution < 1.29 is 4.74 Å². The number of likely N-dealkylation sites (tertiary alicyclic amines) is 2. The number of hydrogen-bond donors (Lipinski definition) is 1. The van der Waals surface area contributed by atoms with Crippen molar-refractivity contribution in [1.29, 1.82) is 0 Å². The van der Waals surface area contributed by atoms with E-state index in [4.69, 9.17) is 4.74 Å². The zero-order valence-electron chi connectivity index (χ0n) is 18.4. The van der Waals surface area contributed by atoms with Crippen molar-refractivity contribution in [3.8, 4) is 5.75 Å². The van der Waals surface area contributed by atoms with E-state index < -0.39 is 0 Å². The van der Waals surface area contributed by atoms with Crippen LogP contribution in [0, 0.1) is 0 Å². The standard InChI is InChI=1S/C26H37N3O/c1-30-25-12-10-22(11-13-25)20-27-26(23-8-4-2-5-9-23)21-28-18-14-24(15-19-28)29-16-6-3-7-17-29/h2,4-5,8-13,24,26-27H,3,6-7,14-21H2,1H3. The molecule has 2 heterocycles. The van der Waals surface area contributed by atoms with Gasteiger partial charge in [-0.15, -0.1) is 0 Å². The molecule has 162 valence electrons. The van der Waals surface area contributed by atoms with Crippen LogP contribution in [-0.4, -0.2) is 55.7 Å². The molecule has 4 rings (SSSR count). The molecule has 0 aliphatic carbocycles. The lowest BCUT2D eigenvalue weighted by atomic mass is 9.98. The molecule has 0 bridgehead atoms. The lowest BCUT2D eigenvalue weighted by molar-refractivity contribution is 0.0879. The minimum Gasteiger partial charge on any atom is -0.497 e. The number of rotatable bonds is 8. The van der Waals surface area contributed by atoms with E-state index in [1.54, 1.807) is 7.11 Å². The van der Waals surface area contributed by atoms with Crippen LogP contribution in [0.5, 0.6) is 5.75 Å². The predicted molar refractivity (Wildman–Crippen MR) is 124 cm³/mol. The average Bonchev–Trinajstić information content (AvgIpc) is 2.83. The second-order valence-electron chi connectivity index (χ2n) is 8.82. The van der Waals surface area contributed by atoms with Crippen LogP contribution in [0.3, 0.4) is 0 Å². The summed E-state index contributed by atoms with van der Waals surface area (Å²) < 4.78 is 5.29. The highest BCUT2D eigenvalue weighted by Crippen LogP contribution is 2.23. The van der Waals surface area contributed by atoms with E-state index in [2.05, 4.69) is 57.6 Å². The topological polar surface area (TPSA) is 27.7 Å². The maximum atomic E-state index is 5.29. The largest absolute Gasteiger partial charge is 0.497 e. The van der Waals surface area contributed by atoms with Crippen molar-refractivity contribution in [3.05, 3.63) is 65.7 Å². The normalized spacial score (nSPS) is 20.2. The smallest absolute Gasteiger partial charge is 0.118 e. The Labute approximate surface area is 182 Å². The molecule has 0 amide bonds. The molecule has 0 saturated carbocycles. The molecule has 1 unspecified atom stereocenters. The highest BCUT2D eigenvalue weighted by atomic mass is 16.5. The maximum Gasteiger partial charge on any atom is 0.118 e. The second-order valence-corrected chi connectivity index (χ2v) is 8.82. The van der Waals surface area contributed by atoms with Crippen molar-refractivity contribution >= 4 is 0 Å². The molecule has 2 saturated heterocycles. The summed E-state index contributed by atoms with van der Waals surface area (Å²) in [5, 5.41) is 3.82. The highest BCUT2D eigenvalue weighted by Gasteiger charge is 2.26. The summed E-state index contributed by atoms with van der Waals surface area (Å²) in [7, 11) is 1.72. The van der Waals surface area contributed by atoms with Crippen molar-refractivity contribution in [2.24, 2.45) is 0 Å². The first-order valence-electron chi connectivity index (χ1n) is 11.7. The van der Waals surface area contributed by atoms with Crippen molar-refractivity contribution in [2.75, 3.05) is 39.8 Å². The Balaban J connectivity index is 1.33. The zero-order chi connectivity index (χ0) is 20.6. The molecule has 1 atom stereocenters. The first kappa shape index (κ1) is 21.4. The van der Waals surface area contributed by atoms with Gasteiger partial charge in [0.15, 0.2) is 0 Å². The Morgan fingerprint density at radius 2 is 1.60 bits per heavy atom. The summed E-state index contributed by atoms with van der Waals surface area (Å²) in [4.78, 5) is 5.43. The fourth-order valence-electron chi connectivity index (χ4n) is 4.97. The summed E-state index contributed by atoms with van der Waals surface area (Å²) in [6.07, 6.45) is 6.85. The van der Waals surface area contributed by atoms with Crippen LogP contribution in [0.2, 0.25) is 0 Å². The summed E-state index contributed by atoms with van der Waals surface area (Å²) in [6.45, 7) is 7.02. The highest BCUT2D eigenvalue weighted by molar-refractivity contribution is 5.27. The number of piperidine rings is 2. The minimum atomic E-state index is 0.347. The van der Waals surface area contributed by atoms with Crippen LogP contribution in [0.4, 0.5) is 0 Å². The first-order valence-corrected chi connectivity index (χ1v) is 11.7. The quantitative estimate of drug-likeness (QED) is 0.698. The van der Waals surface area contributed by atoms with Crippen LogP contribution in [0.15, 0.2) is 54.6 Å². The fraction of sp³-hybridized carbons (Fsp3) is 0.538. The SMILES string of the molecule is COc1ccc(CNC(CN2CCC(N3CCCCC3)CC2)c2ccccc2)cc1. The lowest BCUT2D eigenvalue weighted by Crippen LogP contribution is -2.48. The van der Waals surface area contributed by atoms with Gasteiger partial charge >= 0.3 is 0 Å².